The Balaban J connectivity index is 2.33. The smallest absolute Gasteiger partial charge is 0.306 e. The van der Waals surface area contributed by atoms with Crippen molar-refractivity contribution < 1.29 is 9.53 Å². The third-order valence-corrected chi connectivity index (χ3v) is 3.98. The van der Waals surface area contributed by atoms with E-state index >= 15 is 0 Å². The predicted molar refractivity (Wildman–Crippen MR) is 74.2 cm³/mol. The molecule has 0 spiro atoms. The van der Waals surface area contributed by atoms with Crippen molar-refractivity contribution in [1.82, 2.24) is 0 Å². The second-order valence-electron chi connectivity index (χ2n) is 6.97. The lowest BCUT2D eigenvalue weighted by molar-refractivity contribution is -0.147. The predicted octanol–water partition coefficient (Wildman–Crippen LogP) is 3.27. The highest BCUT2D eigenvalue weighted by Gasteiger charge is 2.33. The molecule has 106 valence electrons. The number of rotatable bonds is 5. The summed E-state index contributed by atoms with van der Waals surface area (Å²) >= 11 is 0. The molecule has 0 unspecified atom stereocenters. The van der Waals surface area contributed by atoms with Gasteiger partial charge in [0, 0.05) is 0 Å². The van der Waals surface area contributed by atoms with Crippen LogP contribution in [0.25, 0.3) is 0 Å². The molecule has 1 fully saturated rings. The number of hydrogen-bond acceptors (Lipinski definition) is 3. The van der Waals surface area contributed by atoms with E-state index in [1.807, 2.05) is 0 Å². The third kappa shape index (κ3) is 5.38. The Bertz CT molecular complexity index is 262. The molecule has 3 heteroatoms. The Kier molecular flexibility index (Phi) is 5.64. The molecule has 0 amide bonds. The first-order chi connectivity index (χ1) is 8.37. The maximum absolute atomic E-state index is 11.9. The van der Waals surface area contributed by atoms with Crippen LogP contribution in [-0.4, -0.2) is 19.1 Å². The molecule has 2 N–H and O–H groups in total. The maximum Gasteiger partial charge on any atom is 0.306 e. The summed E-state index contributed by atoms with van der Waals surface area (Å²) in [6.45, 7) is 7.61. The average molecular weight is 255 g/mol. The summed E-state index contributed by atoms with van der Waals surface area (Å²) in [6.07, 6.45) is 7.26. The van der Waals surface area contributed by atoms with Gasteiger partial charge in [-0.15, -0.1) is 0 Å². The van der Waals surface area contributed by atoms with Crippen LogP contribution in [-0.2, 0) is 9.53 Å². The van der Waals surface area contributed by atoms with Gasteiger partial charge in [-0.05, 0) is 36.6 Å². The van der Waals surface area contributed by atoms with E-state index in [9.17, 15) is 4.79 Å². The Labute approximate surface area is 111 Å². The molecule has 18 heavy (non-hydrogen) atoms. The van der Waals surface area contributed by atoms with Gasteiger partial charge >= 0.3 is 5.97 Å². The zero-order valence-electron chi connectivity index (χ0n) is 12.3. The summed E-state index contributed by atoms with van der Waals surface area (Å²) in [4.78, 5) is 11.9. The molecule has 0 bridgehead atoms. The highest BCUT2D eigenvalue weighted by molar-refractivity contribution is 5.70. The summed E-state index contributed by atoms with van der Waals surface area (Å²) in [7, 11) is 0. The van der Waals surface area contributed by atoms with Gasteiger partial charge in [-0.2, -0.15) is 0 Å². The average Bonchev–Trinajstić information content (AvgIpc) is 2.28. The Morgan fingerprint density at radius 1 is 1.22 bits per heavy atom. The molecule has 0 aliphatic heterocycles. The van der Waals surface area contributed by atoms with Crippen LogP contribution in [0, 0.1) is 10.8 Å². The molecular formula is C15H29NO2. The van der Waals surface area contributed by atoms with Crippen molar-refractivity contribution in [3.8, 4) is 0 Å². The van der Waals surface area contributed by atoms with Crippen LogP contribution < -0.4 is 5.73 Å². The second kappa shape index (κ2) is 6.55. The van der Waals surface area contributed by atoms with Gasteiger partial charge in [-0.3, -0.25) is 4.79 Å². The topological polar surface area (TPSA) is 52.3 Å². The van der Waals surface area contributed by atoms with Crippen molar-refractivity contribution in [2.45, 2.75) is 65.7 Å². The van der Waals surface area contributed by atoms with Crippen molar-refractivity contribution in [1.29, 1.82) is 0 Å². The van der Waals surface area contributed by atoms with Crippen molar-refractivity contribution in [2.75, 3.05) is 13.2 Å². The monoisotopic (exact) mass is 255 g/mol. The molecule has 0 radical (unpaired) electrons. The van der Waals surface area contributed by atoms with Gasteiger partial charge in [0.15, 0.2) is 0 Å². The largest absolute Gasteiger partial charge is 0.466 e. The molecule has 1 aliphatic rings. The molecule has 1 saturated carbocycles. The minimum absolute atomic E-state index is 0.0249. The van der Waals surface area contributed by atoms with E-state index in [0.29, 0.717) is 19.6 Å². The van der Waals surface area contributed by atoms with Gasteiger partial charge in [0.1, 0.15) is 0 Å². The van der Waals surface area contributed by atoms with Crippen LogP contribution in [0.15, 0.2) is 0 Å². The van der Waals surface area contributed by atoms with Crippen LogP contribution >= 0.6 is 0 Å². The van der Waals surface area contributed by atoms with Crippen LogP contribution in [0.2, 0.25) is 0 Å². The minimum Gasteiger partial charge on any atom is -0.466 e. The van der Waals surface area contributed by atoms with Crippen molar-refractivity contribution in [3.05, 3.63) is 0 Å². The van der Waals surface area contributed by atoms with Crippen LogP contribution in [0.3, 0.4) is 0 Å². The van der Waals surface area contributed by atoms with Gasteiger partial charge in [-0.25, -0.2) is 0 Å². The molecule has 1 aliphatic carbocycles. The van der Waals surface area contributed by atoms with Gasteiger partial charge < -0.3 is 10.5 Å². The number of ether oxygens (including phenoxy) is 1. The molecule has 1 rings (SSSR count). The van der Waals surface area contributed by atoms with E-state index in [1.54, 1.807) is 0 Å². The minimum atomic E-state index is -0.0633. The number of hydrogen-bond donors (Lipinski definition) is 1. The summed E-state index contributed by atoms with van der Waals surface area (Å²) in [5.41, 5.74) is 6.12. The summed E-state index contributed by atoms with van der Waals surface area (Å²) in [6, 6.07) is 0. The van der Waals surface area contributed by atoms with E-state index in [-0.39, 0.29) is 16.8 Å². The molecule has 0 aromatic rings. The van der Waals surface area contributed by atoms with E-state index < -0.39 is 0 Å². The van der Waals surface area contributed by atoms with E-state index in [1.165, 1.54) is 19.3 Å². The Hall–Kier alpha value is -0.570. The fourth-order valence-electron chi connectivity index (χ4n) is 2.58. The Morgan fingerprint density at radius 3 is 2.33 bits per heavy atom. The van der Waals surface area contributed by atoms with Gasteiger partial charge in [0.05, 0.1) is 13.0 Å². The van der Waals surface area contributed by atoms with E-state index in [2.05, 4.69) is 20.8 Å². The fraction of sp³-hybridized carbons (Fsp3) is 0.933. The first-order valence-corrected chi connectivity index (χ1v) is 7.23. The summed E-state index contributed by atoms with van der Waals surface area (Å²) in [5, 5.41) is 0. The lowest BCUT2D eigenvalue weighted by atomic mass is 9.72. The molecule has 0 heterocycles. The van der Waals surface area contributed by atoms with Crippen LogP contribution in [0.4, 0.5) is 0 Å². The van der Waals surface area contributed by atoms with Gasteiger partial charge in [-0.1, -0.05) is 40.0 Å². The van der Waals surface area contributed by atoms with Crippen LogP contribution in [0.5, 0.6) is 0 Å². The quantitative estimate of drug-likeness (QED) is 0.767. The molecule has 0 atom stereocenters. The highest BCUT2D eigenvalue weighted by Crippen LogP contribution is 2.38. The zero-order chi connectivity index (χ0) is 13.6. The SMILES string of the molecule is CC(C)(C)CCOC(=O)CC1(CN)CCCCC1. The first kappa shape index (κ1) is 15.5. The molecular weight excluding hydrogens is 226 g/mol. The number of esters is 1. The lowest BCUT2D eigenvalue weighted by Crippen LogP contribution is -2.35. The van der Waals surface area contributed by atoms with E-state index in [4.69, 9.17) is 10.5 Å². The van der Waals surface area contributed by atoms with Gasteiger partial charge in [0.2, 0.25) is 0 Å². The van der Waals surface area contributed by atoms with E-state index in [0.717, 1.165) is 19.3 Å². The first-order valence-electron chi connectivity index (χ1n) is 7.23. The second-order valence-corrected chi connectivity index (χ2v) is 6.97. The summed E-state index contributed by atoms with van der Waals surface area (Å²) < 4.78 is 5.35. The normalized spacial score (nSPS) is 19.6. The molecule has 0 aromatic carbocycles. The molecule has 0 aromatic heterocycles. The number of carbonyl (C=O) groups excluding carboxylic acids is 1. The standard InChI is InChI=1S/C15H29NO2/c1-14(2,3)9-10-18-13(17)11-15(12-16)7-5-4-6-8-15/h4-12,16H2,1-3H3. The zero-order valence-corrected chi connectivity index (χ0v) is 12.3. The summed E-state index contributed by atoms with van der Waals surface area (Å²) in [5.74, 6) is -0.0633. The lowest BCUT2D eigenvalue weighted by Gasteiger charge is -2.35. The molecule has 0 saturated heterocycles. The van der Waals surface area contributed by atoms with Crippen LogP contribution in [0.1, 0.15) is 65.7 Å². The highest BCUT2D eigenvalue weighted by atomic mass is 16.5. The third-order valence-electron chi connectivity index (χ3n) is 3.98. The maximum atomic E-state index is 11.9. The van der Waals surface area contributed by atoms with Crippen molar-refractivity contribution in [2.24, 2.45) is 16.6 Å². The van der Waals surface area contributed by atoms with Gasteiger partial charge in [0.25, 0.3) is 0 Å². The molecule has 3 nitrogen and oxygen atoms in total. The van der Waals surface area contributed by atoms with Crippen molar-refractivity contribution >= 4 is 5.97 Å². The number of carbonyl (C=O) groups is 1. The fourth-order valence-corrected chi connectivity index (χ4v) is 2.58. The van der Waals surface area contributed by atoms with Crippen molar-refractivity contribution in [3.63, 3.8) is 0 Å². The Morgan fingerprint density at radius 2 is 1.83 bits per heavy atom. The number of nitrogens with two attached hydrogens (primary N) is 1.